The lowest BCUT2D eigenvalue weighted by Crippen LogP contribution is -2.15. The van der Waals surface area contributed by atoms with Crippen LogP contribution in [0, 0.1) is 5.92 Å². The van der Waals surface area contributed by atoms with Gasteiger partial charge in [0, 0.05) is 11.0 Å². The summed E-state index contributed by atoms with van der Waals surface area (Å²) in [7, 11) is 1.61. The minimum absolute atomic E-state index is 0.270. The minimum Gasteiger partial charge on any atom is -0.497 e. The van der Waals surface area contributed by atoms with Gasteiger partial charge in [-0.2, -0.15) is 0 Å². The lowest BCUT2D eigenvalue weighted by atomic mass is 9.88. The minimum atomic E-state index is -0.357. The van der Waals surface area contributed by atoms with Crippen LogP contribution in [0.3, 0.4) is 0 Å². The van der Waals surface area contributed by atoms with Crippen LogP contribution in [0.5, 0.6) is 5.75 Å². The van der Waals surface area contributed by atoms with Gasteiger partial charge in [0.05, 0.1) is 19.3 Å². The van der Waals surface area contributed by atoms with Crippen molar-refractivity contribution >= 4 is 34.3 Å². The summed E-state index contributed by atoms with van der Waals surface area (Å²) in [4.78, 5) is 26.1. The first-order chi connectivity index (χ1) is 13.5. The SMILES string of the molecule is CCOC(=O)c1c(NC(=O)/C=C/c2ccc(OC)cc2)sc2c1CCC(C)C2. The van der Waals surface area contributed by atoms with Crippen molar-refractivity contribution in [3.05, 3.63) is 51.9 Å². The number of hydrogen-bond donors (Lipinski definition) is 1. The maximum absolute atomic E-state index is 12.5. The molecule has 0 fully saturated rings. The van der Waals surface area contributed by atoms with Gasteiger partial charge in [-0.05, 0) is 61.4 Å². The van der Waals surface area contributed by atoms with E-state index in [0.717, 1.165) is 36.1 Å². The van der Waals surface area contributed by atoms with E-state index < -0.39 is 0 Å². The molecule has 1 aliphatic carbocycles. The highest BCUT2D eigenvalue weighted by Gasteiger charge is 2.28. The Bertz CT molecular complexity index is 883. The van der Waals surface area contributed by atoms with Crippen LogP contribution in [-0.4, -0.2) is 25.6 Å². The molecule has 0 spiro atoms. The molecule has 5 nitrogen and oxygen atoms in total. The Labute approximate surface area is 169 Å². The Morgan fingerprint density at radius 2 is 2.04 bits per heavy atom. The second kappa shape index (κ2) is 9.06. The molecule has 1 N–H and O–H groups in total. The van der Waals surface area contributed by atoms with Crippen LogP contribution in [-0.2, 0) is 22.4 Å². The number of anilines is 1. The Balaban J connectivity index is 1.79. The second-order valence-corrected chi connectivity index (χ2v) is 7.98. The number of carbonyl (C=O) groups is 2. The Morgan fingerprint density at radius 3 is 2.71 bits per heavy atom. The maximum Gasteiger partial charge on any atom is 0.341 e. The maximum atomic E-state index is 12.5. The van der Waals surface area contributed by atoms with Crippen LogP contribution in [0.4, 0.5) is 5.00 Å². The fourth-order valence-electron chi connectivity index (χ4n) is 3.30. The first kappa shape index (κ1) is 20.1. The number of fused-ring (bicyclic) bond motifs is 1. The average molecular weight is 400 g/mol. The highest BCUT2D eigenvalue weighted by atomic mass is 32.1. The monoisotopic (exact) mass is 399 g/mol. The summed E-state index contributed by atoms with van der Waals surface area (Å²) in [5.41, 5.74) is 2.46. The third kappa shape index (κ3) is 4.62. The fraction of sp³-hybridized carbons (Fsp3) is 0.364. The molecule has 1 atom stereocenters. The zero-order valence-corrected chi connectivity index (χ0v) is 17.2. The highest BCUT2D eigenvalue weighted by molar-refractivity contribution is 7.17. The van der Waals surface area contributed by atoms with Gasteiger partial charge < -0.3 is 14.8 Å². The number of amides is 1. The van der Waals surface area contributed by atoms with E-state index in [1.54, 1.807) is 20.1 Å². The molecule has 28 heavy (non-hydrogen) atoms. The third-order valence-electron chi connectivity index (χ3n) is 4.77. The van der Waals surface area contributed by atoms with Crippen LogP contribution in [0.1, 0.15) is 46.6 Å². The standard InChI is InChI=1S/C22H25NO4S/c1-4-27-22(25)20-17-11-5-14(2)13-18(17)28-21(20)23-19(24)12-8-15-6-9-16(26-3)10-7-15/h6-10,12,14H,4-5,11,13H2,1-3H3,(H,23,24)/b12-8+. The summed E-state index contributed by atoms with van der Waals surface area (Å²) in [6.07, 6.45) is 6.02. The number of hydrogen-bond acceptors (Lipinski definition) is 5. The molecule has 1 aromatic heterocycles. The largest absolute Gasteiger partial charge is 0.497 e. The molecule has 0 saturated carbocycles. The summed E-state index contributed by atoms with van der Waals surface area (Å²) in [5, 5.41) is 3.47. The number of ether oxygens (including phenoxy) is 2. The van der Waals surface area contributed by atoms with E-state index in [-0.39, 0.29) is 11.9 Å². The van der Waals surface area contributed by atoms with Gasteiger partial charge in [0.1, 0.15) is 10.8 Å². The highest BCUT2D eigenvalue weighted by Crippen LogP contribution is 2.40. The molecule has 1 amide bonds. The van der Waals surface area contributed by atoms with Gasteiger partial charge in [-0.1, -0.05) is 19.1 Å². The Morgan fingerprint density at radius 1 is 1.29 bits per heavy atom. The van der Waals surface area contributed by atoms with E-state index in [2.05, 4.69) is 12.2 Å². The van der Waals surface area contributed by atoms with E-state index in [9.17, 15) is 9.59 Å². The number of benzene rings is 1. The molecular weight excluding hydrogens is 374 g/mol. The van der Waals surface area contributed by atoms with Crippen LogP contribution in [0.2, 0.25) is 0 Å². The smallest absolute Gasteiger partial charge is 0.341 e. The van der Waals surface area contributed by atoms with Crippen molar-refractivity contribution in [2.24, 2.45) is 5.92 Å². The lowest BCUT2D eigenvalue weighted by molar-refractivity contribution is -0.111. The number of methoxy groups -OCH3 is 1. The lowest BCUT2D eigenvalue weighted by Gasteiger charge is -2.18. The van der Waals surface area contributed by atoms with Gasteiger partial charge in [0.15, 0.2) is 0 Å². The first-order valence-electron chi connectivity index (χ1n) is 9.46. The quantitative estimate of drug-likeness (QED) is 0.564. The molecule has 0 saturated heterocycles. The van der Waals surface area contributed by atoms with Crippen LogP contribution < -0.4 is 10.1 Å². The number of esters is 1. The zero-order chi connectivity index (χ0) is 20.1. The Kier molecular flexibility index (Phi) is 6.52. The summed E-state index contributed by atoms with van der Waals surface area (Å²) in [6.45, 7) is 4.31. The predicted octanol–water partition coefficient (Wildman–Crippen LogP) is 4.71. The topological polar surface area (TPSA) is 64.6 Å². The van der Waals surface area contributed by atoms with E-state index in [0.29, 0.717) is 23.1 Å². The van der Waals surface area contributed by atoms with E-state index in [1.807, 2.05) is 24.3 Å². The average Bonchev–Trinajstić information content (AvgIpc) is 3.03. The van der Waals surface area contributed by atoms with Crippen LogP contribution in [0.15, 0.2) is 30.3 Å². The van der Waals surface area contributed by atoms with Crippen molar-refractivity contribution in [2.75, 3.05) is 19.0 Å². The third-order valence-corrected chi connectivity index (χ3v) is 5.94. The summed E-state index contributed by atoms with van der Waals surface area (Å²) in [6, 6.07) is 7.42. The summed E-state index contributed by atoms with van der Waals surface area (Å²) < 4.78 is 10.4. The van der Waals surface area contributed by atoms with E-state index in [1.165, 1.54) is 22.3 Å². The van der Waals surface area contributed by atoms with Crippen molar-refractivity contribution in [3.8, 4) is 5.75 Å². The molecule has 0 radical (unpaired) electrons. The summed E-state index contributed by atoms with van der Waals surface area (Å²) >= 11 is 1.49. The number of rotatable bonds is 6. The fourth-order valence-corrected chi connectivity index (χ4v) is 4.70. The molecule has 1 unspecified atom stereocenters. The molecule has 0 bridgehead atoms. The Hall–Kier alpha value is -2.60. The molecule has 1 aliphatic rings. The predicted molar refractivity (Wildman–Crippen MR) is 112 cm³/mol. The molecule has 6 heteroatoms. The molecular formula is C22H25NO4S. The van der Waals surface area contributed by atoms with E-state index in [4.69, 9.17) is 9.47 Å². The van der Waals surface area contributed by atoms with Crippen molar-refractivity contribution in [3.63, 3.8) is 0 Å². The van der Waals surface area contributed by atoms with Crippen LogP contribution in [0.25, 0.3) is 6.08 Å². The van der Waals surface area contributed by atoms with Gasteiger partial charge in [-0.3, -0.25) is 4.79 Å². The first-order valence-corrected chi connectivity index (χ1v) is 10.3. The summed E-state index contributed by atoms with van der Waals surface area (Å²) in [5.74, 6) is 0.718. The molecule has 1 heterocycles. The molecule has 2 aromatic rings. The van der Waals surface area contributed by atoms with Crippen molar-refractivity contribution in [1.29, 1.82) is 0 Å². The second-order valence-electron chi connectivity index (χ2n) is 6.87. The van der Waals surface area contributed by atoms with Crippen LogP contribution >= 0.6 is 11.3 Å². The van der Waals surface area contributed by atoms with Gasteiger partial charge in [0.25, 0.3) is 0 Å². The zero-order valence-electron chi connectivity index (χ0n) is 16.4. The van der Waals surface area contributed by atoms with Crippen molar-refractivity contribution in [2.45, 2.75) is 33.1 Å². The molecule has 3 rings (SSSR count). The van der Waals surface area contributed by atoms with Gasteiger partial charge >= 0.3 is 5.97 Å². The van der Waals surface area contributed by atoms with E-state index >= 15 is 0 Å². The number of nitrogens with one attached hydrogen (secondary N) is 1. The molecule has 148 valence electrons. The number of carbonyl (C=O) groups excluding carboxylic acids is 2. The normalized spacial score (nSPS) is 15.9. The number of thiophene rings is 1. The van der Waals surface area contributed by atoms with Crippen molar-refractivity contribution in [1.82, 2.24) is 0 Å². The molecule has 0 aliphatic heterocycles. The van der Waals surface area contributed by atoms with Crippen molar-refractivity contribution < 1.29 is 19.1 Å². The van der Waals surface area contributed by atoms with Gasteiger partial charge in [0.2, 0.25) is 5.91 Å². The van der Waals surface area contributed by atoms with Gasteiger partial charge in [-0.15, -0.1) is 11.3 Å². The van der Waals surface area contributed by atoms with Gasteiger partial charge in [-0.25, -0.2) is 4.79 Å². The molecule has 1 aromatic carbocycles.